The highest BCUT2D eigenvalue weighted by Gasteiger charge is 2.00. The molecule has 0 spiro atoms. The molecule has 0 fully saturated rings. The van der Waals surface area contributed by atoms with Crippen molar-refractivity contribution in [3.05, 3.63) is 29.0 Å². The van der Waals surface area contributed by atoms with Crippen molar-refractivity contribution >= 4 is 23.2 Å². The van der Waals surface area contributed by atoms with Gasteiger partial charge in [-0.25, -0.2) is 4.39 Å². The molecule has 3 nitrogen and oxygen atoms in total. The summed E-state index contributed by atoms with van der Waals surface area (Å²) in [6, 6.07) is 4.16. The van der Waals surface area contributed by atoms with Gasteiger partial charge >= 0.3 is 0 Å². The molecule has 5 heteroatoms. The average molecular weight is 231 g/mol. The van der Waals surface area contributed by atoms with Gasteiger partial charge < -0.3 is 10.6 Å². The Morgan fingerprint density at radius 2 is 2.20 bits per heavy atom. The molecule has 0 aliphatic heterocycles. The maximum atomic E-state index is 12.9. The van der Waals surface area contributed by atoms with Crippen molar-refractivity contribution in [1.29, 1.82) is 0 Å². The molecule has 0 aliphatic rings. The summed E-state index contributed by atoms with van der Waals surface area (Å²) in [6.07, 6.45) is 0.338. The number of nitrogens with one attached hydrogen (secondary N) is 2. The number of amides is 1. The predicted octanol–water partition coefficient (Wildman–Crippen LogP) is 2.03. The van der Waals surface area contributed by atoms with E-state index in [4.69, 9.17) is 11.6 Å². The number of carbonyl (C=O) groups is 1. The van der Waals surface area contributed by atoms with E-state index in [1.54, 1.807) is 13.1 Å². The number of hydrogen-bond donors (Lipinski definition) is 2. The lowest BCUT2D eigenvalue weighted by Crippen LogP contribution is -2.20. The van der Waals surface area contributed by atoms with Crippen LogP contribution in [0.15, 0.2) is 18.2 Å². The summed E-state index contributed by atoms with van der Waals surface area (Å²) < 4.78 is 12.9. The van der Waals surface area contributed by atoms with Crippen LogP contribution in [-0.4, -0.2) is 19.5 Å². The number of rotatable bonds is 4. The van der Waals surface area contributed by atoms with Gasteiger partial charge in [-0.1, -0.05) is 11.6 Å². The van der Waals surface area contributed by atoms with Gasteiger partial charge in [-0.15, -0.1) is 0 Å². The van der Waals surface area contributed by atoms with E-state index in [2.05, 4.69) is 10.6 Å². The molecule has 2 N–H and O–H groups in total. The van der Waals surface area contributed by atoms with E-state index in [1.165, 1.54) is 12.1 Å². The van der Waals surface area contributed by atoms with Gasteiger partial charge in [-0.3, -0.25) is 4.79 Å². The molecular formula is C10H12ClFN2O. The highest BCUT2D eigenvalue weighted by molar-refractivity contribution is 6.30. The molecule has 15 heavy (non-hydrogen) atoms. The van der Waals surface area contributed by atoms with Crippen LogP contribution in [0.5, 0.6) is 0 Å². The van der Waals surface area contributed by atoms with Crippen LogP contribution in [0.2, 0.25) is 5.02 Å². The predicted molar refractivity (Wildman–Crippen MR) is 58.6 cm³/mol. The van der Waals surface area contributed by atoms with Crippen LogP contribution in [0, 0.1) is 5.82 Å². The molecule has 0 radical (unpaired) electrons. The molecule has 0 unspecified atom stereocenters. The molecule has 0 aromatic heterocycles. The van der Waals surface area contributed by atoms with E-state index in [0.717, 1.165) is 0 Å². The van der Waals surface area contributed by atoms with E-state index < -0.39 is 5.82 Å². The topological polar surface area (TPSA) is 41.1 Å². The molecule has 0 aliphatic carbocycles. The zero-order valence-electron chi connectivity index (χ0n) is 8.31. The van der Waals surface area contributed by atoms with Crippen molar-refractivity contribution in [1.82, 2.24) is 5.32 Å². The van der Waals surface area contributed by atoms with E-state index in [9.17, 15) is 9.18 Å². The third-order valence-electron chi connectivity index (χ3n) is 1.82. The zero-order valence-corrected chi connectivity index (χ0v) is 9.07. The van der Waals surface area contributed by atoms with E-state index >= 15 is 0 Å². The lowest BCUT2D eigenvalue weighted by Gasteiger charge is -2.06. The minimum absolute atomic E-state index is 0.0648. The quantitative estimate of drug-likeness (QED) is 0.831. The standard InChI is InChI=1S/C10H12ClFN2O/c1-13-10(15)2-3-14-9-5-7(11)4-8(12)6-9/h4-6,14H,2-3H2,1H3,(H,13,15). The van der Waals surface area contributed by atoms with Crippen LogP contribution in [0.1, 0.15) is 6.42 Å². The summed E-state index contributed by atoms with van der Waals surface area (Å²) in [5, 5.41) is 5.73. The molecule has 1 aromatic carbocycles. The molecular weight excluding hydrogens is 219 g/mol. The van der Waals surface area contributed by atoms with Crippen molar-refractivity contribution in [3.8, 4) is 0 Å². The first-order chi connectivity index (χ1) is 7.11. The number of halogens is 2. The molecule has 0 saturated heterocycles. The van der Waals surface area contributed by atoms with Crippen LogP contribution < -0.4 is 10.6 Å². The Morgan fingerprint density at radius 3 is 2.80 bits per heavy atom. The molecule has 0 heterocycles. The summed E-state index contributed by atoms with van der Waals surface area (Å²) in [4.78, 5) is 10.9. The molecule has 1 rings (SSSR count). The van der Waals surface area contributed by atoms with Gasteiger partial charge in [0.25, 0.3) is 0 Å². The van der Waals surface area contributed by atoms with Crippen LogP contribution in [0.25, 0.3) is 0 Å². The first-order valence-electron chi connectivity index (χ1n) is 4.52. The average Bonchev–Trinajstić information content (AvgIpc) is 2.16. The number of hydrogen-bond acceptors (Lipinski definition) is 2. The second-order valence-corrected chi connectivity index (χ2v) is 3.44. The van der Waals surface area contributed by atoms with Crippen molar-refractivity contribution in [3.63, 3.8) is 0 Å². The SMILES string of the molecule is CNC(=O)CCNc1cc(F)cc(Cl)c1. The lowest BCUT2D eigenvalue weighted by molar-refractivity contribution is -0.120. The van der Waals surface area contributed by atoms with Gasteiger partial charge in [0.15, 0.2) is 0 Å². The fraction of sp³-hybridized carbons (Fsp3) is 0.300. The van der Waals surface area contributed by atoms with Crippen molar-refractivity contribution in [2.24, 2.45) is 0 Å². The number of benzene rings is 1. The maximum absolute atomic E-state index is 12.9. The summed E-state index contributed by atoms with van der Waals surface area (Å²) in [6.45, 7) is 0.444. The zero-order chi connectivity index (χ0) is 11.3. The Balaban J connectivity index is 2.47. The van der Waals surface area contributed by atoms with Crippen LogP contribution in [0.3, 0.4) is 0 Å². The van der Waals surface area contributed by atoms with Gasteiger partial charge in [-0.05, 0) is 18.2 Å². The monoisotopic (exact) mass is 230 g/mol. The van der Waals surface area contributed by atoms with Crippen LogP contribution >= 0.6 is 11.6 Å². The molecule has 1 aromatic rings. The maximum Gasteiger partial charge on any atom is 0.221 e. The fourth-order valence-corrected chi connectivity index (χ4v) is 1.32. The third kappa shape index (κ3) is 4.16. The molecule has 0 saturated carbocycles. The fourth-order valence-electron chi connectivity index (χ4n) is 1.10. The van der Waals surface area contributed by atoms with Crippen LogP contribution in [-0.2, 0) is 4.79 Å². The van der Waals surface area contributed by atoms with Crippen molar-refractivity contribution in [2.45, 2.75) is 6.42 Å². The Hall–Kier alpha value is -1.29. The Bertz CT molecular complexity index is 337. The highest BCUT2D eigenvalue weighted by atomic mass is 35.5. The van der Waals surface area contributed by atoms with Gasteiger partial charge in [0.1, 0.15) is 5.82 Å². The number of carbonyl (C=O) groups excluding carboxylic acids is 1. The summed E-state index contributed by atoms with van der Waals surface area (Å²) >= 11 is 5.66. The Morgan fingerprint density at radius 1 is 1.47 bits per heavy atom. The summed E-state index contributed by atoms with van der Waals surface area (Å²) in [5.41, 5.74) is 0.573. The summed E-state index contributed by atoms with van der Waals surface area (Å²) in [7, 11) is 1.57. The van der Waals surface area contributed by atoms with Crippen molar-refractivity contribution < 1.29 is 9.18 Å². The minimum Gasteiger partial charge on any atom is -0.384 e. The molecule has 1 amide bonds. The first-order valence-corrected chi connectivity index (χ1v) is 4.90. The lowest BCUT2D eigenvalue weighted by atomic mass is 10.3. The molecule has 82 valence electrons. The van der Waals surface area contributed by atoms with Crippen LogP contribution in [0.4, 0.5) is 10.1 Å². The Labute approximate surface area is 92.6 Å². The number of anilines is 1. The second-order valence-electron chi connectivity index (χ2n) is 3.01. The van der Waals surface area contributed by atoms with Crippen molar-refractivity contribution in [2.75, 3.05) is 18.9 Å². The van der Waals surface area contributed by atoms with E-state index in [1.807, 2.05) is 0 Å². The molecule has 0 atom stereocenters. The normalized spacial score (nSPS) is 9.80. The highest BCUT2D eigenvalue weighted by Crippen LogP contribution is 2.17. The largest absolute Gasteiger partial charge is 0.384 e. The van der Waals surface area contributed by atoms with E-state index in [0.29, 0.717) is 23.7 Å². The Kier molecular flexibility index (Phi) is 4.37. The summed E-state index contributed by atoms with van der Waals surface area (Å²) in [5.74, 6) is -0.463. The van der Waals surface area contributed by atoms with Gasteiger partial charge in [0.05, 0.1) is 0 Å². The van der Waals surface area contributed by atoms with E-state index in [-0.39, 0.29) is 5.91 Å². The minimum atomic E-state index is -0.398. The smallest absolute Gasteiger partial charge is 0.221 e. The first kappa shape index (κ1) is 11.8. The second kappa shape index (κ2) is 5.56. The van der Waals surface area contributed by atoms with Gasteiger partial charge in [-0.2, -0.15) is 0 Å². The molecule has 0 bridgehead atoms. The van der Waals surface area contributed by atoms with Gasteiger partial charge in [0, 0.05) is 30.7 Å². The van der Waals surface area contributed by atoms with Gasteiger partial charge in [0.2, 0.25) is 5.91 Å². The third-order valence-corrected chi connectivity index (χ3v) is 2.04.